The van der Waals surface area contributed by atoms with Crippen molar-refractivity contribution in [1.29, 1.82) is 5.41 Å². The molecule has 0 fully saturated rings. The molecule has 0 atom stereocenters. The average Bonchev–Trinajstić information content (AvgIpc) is 2.69. The summed E-state index contributed by atoms with van der Waals surface area (Å²) in [7, 11) is 0. The Hall–Kier alpha value is -3.60. The van der Waals surface area contributed by atoms with Crippen LogP contribution >= 0.6 is 0 Å². The highest BCUT2D eigenvalue weighted by Gasteiger charge is 2.22. The van der Waals surface area contributed by atoms with Crippen molar-refractivity contribution < 1.29 is 14.3 Å². The Morgan fingerprint density at radius 2 is 1.83 bits per heavy atom. The summed E-state index contributed by atoms with van der Waals surface area (Å²) in [5.74, 6) is -0.410. The Bertz CT molecular complexity index is 1290. The lowest BCUT2D eigenvalue weighted by Crippen LogP contribution is -2.07. The Labute approximate surface area is 168 Å². The van der Waals surface area contributed by atoms with E-state index in [0.717, 1.165) is 39.9 Å². The Morgan fingerprint density at radius 1 is 1.07 bits per heavy atom. The van der Waals surface area contributed by atoms with E-state index in [2.05, 4.69) is 5.32 Å². The summed E-state index contributed by atoms with van der Waals surface area (Å²) in [6.45, 7) is 6.71. The molecular weight excluding hydrogens is 364 g/mol. The summed E-state index contributed by atoms with van der Waals surface area (Å²) >= 11 is 0. The average molecular weight is 386 g/mol. The molecule has 0 bridgehead atoms. The van der Waals surface area contributed by atoms with Crippen molar-refractivity contribution in [2.24, 2.45) is 0 Å². The molecule has 2 aromatic carbocycles. The van der Waals surface area contributed by atoms with Crippen molar-refractivity contribution in [3.8, 4) is 22.5 Å². The van der Waals surface area contributed by atoms with E-state index in [1.807, 2.05) is 51.1 Å². The summed E-state index contributed by atoms with van der Waals surface area (Å²) in [6.07, 6.45) is 0. The number of carbonyl (C=O) groups is 1. The number of benzene rings is 3. The fourth-order valence-electron chi connectivity index (χ4n) is 3.76. The molecule has 4 rings (SSSR count). The first-order chi connectivity index (χ1) is 13.9. The second kappa shape index (κ2) is 7.09. The van der Waals surface area contributed by atoms with Gasteiger partial charge in [0.05, 0.1) is 10.9 Å². The monoisotopic (exact) mass is 386 g/mol. The predicted octanol–water partition coefficient (Wildman–Crippen LogP) is 5.43. The van der Waals surface area contributed by atoms with Crippen molar-refractivity contribution in [1.82, 2.24) is 0 Å². The zero-order valence-corrected chi connectivity index (χ0v) is 16.6. The van der Waals surface area contributed by atoms with Crippen LogP contribution in [0.1, 0.15) is 28.4 Å². The quantitative estimate of drug-likeness (QED) is 0.408. The van der Waals surface area contributed by atoms with E-state index in [1.165, 1.54) is 0 Å². The van der Waals surface area contributed by atoms with E-state index >= 15 is 0 Å². The van der Waals surface area contributed by atoms with Gasteiger partial charge in [0, 0.05) is 40.9 Å². The molecule has 1 heterocycles. The third-order valence-electron chi connectivity index (χ3n) is 5.21. The van der Waals surface area contributed by atoms with Gasteiger partial charge in [-0.15, -0.1) is 0 Å². The van der Waals surface area contributed by atoms with Crippen molar-refractivity contribution in [3.05, 3.63) is 70.6 Å². The van der Waals surface area contributed by atoms with Gasteiger partial charge in [-0.25, -0.2) is 4.79 Å². The number of rotatable bonds is 4. The van der Waals surface area contributed by atoms with Crippen LogP contribution in [-0.2, 0) is 0 Å². The zero-order chi connectivity index (χ0) is 20.7. The lowest BCUT2D eigenvalue weighted by Gasteiger charge is -2.19. The number of nitrogens with one attached hydrogen (secondary N) is 2. The first kappa shape index (κ1) is 18.7. The normalized spacial score (nSPS) is 11.1. The van der Waals surface area contributed by atoms with Crippen LogP contribution in [0.4, 0.5) is 5.69 Å². The molecule has 5 nitrogen and oxygen atoms in total. The Kier molecular flexibility index (Phi) is 4.59. The number of aromatic carboxylic acids is 1. The molecule has 1 aliphatic carbocycles. The maximum Gasteiger partial charge on any atom is 0.336 e. The number of carboxylic acids is 1. The Balaban J connectivity index is 2.21. The Morgan fingerprint density at radius 3 is 2.55 bits per heavy atom. The van der Waals surface area contributed by atoms with E-state index in [4.69, 9.17) is 9.83 Å². The number of fused-ring (bicyclic) bond motifs is 2. The summed E-state index contributed by atoms with van der Waals surface area (Å²) in [4.78, 5) is 11.9. The number of hydrogen-bond donors (Lipinski definition) is 3. The summed E-state index contributed by atoms with van der Waals surface area (Å²) < 4.78 is 6.18. The highest BCUT2D eigenvalue weighted by Crippen LogP contribution is 2.42. The van der Waals surface area contributed by atoms with Gasteiger partial charge in [0.1, 0.15) is 11.3 Å². The number of anilines is 1. The van der Waals surface area contributed by atoms with E-state index in [-0.39, 0.29) is 5.56 Å². The van der Waals surface area contributed by atoms with E-state index in [1.54, 1.807) is 18.2 Å². The van der Waals surface area contributed by atoms with E-state index in [9.17, 15) is 9.90 Å². The van der Waals surface area contributed by atoms with Crippen molar-refractivity contribution in [2.75, 3.05) is 11.9 Å². The molecule has 5 heteroatoms. The van der Waals surface area contributed by atoms with Crippen LogP contribution < -0.4 is 10.7 Å². The van der Waals surface area contributed by atoms with Crippen molar-refractivity contribution in [3.63, 3.8) is 0 Å². The maximum atomic E-state index is 11.9. The van der Waals surface area contributed by atoms with E-state index < -0.39 is 5.97 Å². The number of hydrogen-bond acceptors (Lipinski definition) is 4. The molecule has 0 aromatic heterocycles. The van der Waals surface area contributed by atoms with Crippen molar-refractivity contribution >= 4 is 22.6 Å². The molecular formula is C24H22N2O3. The van der Waals surface area contributed by atoms with Crippen LogP contribution in [0.5, 0.6) is 0 Å². The molecule has 0 radical (unpaired) electrons. The lowest BCUT2D eigenvalue weighted by molar-refractivity contribution is 0.0697. The largest absolute Gasteiger partial charge is 0.478 e. The van der Waals surface area contributed by atoms with Gasteiger partial charge >= 0.3 is 5.97 Å². The number of carboxylic acid groups (broad SMARTS) is 1. The standard InChI is InChI=1S/C24H22N2O3/c1-4-26-20-12-22-18(10-14(20)3)23(15-7-5-6-8-16(15)24(27)28)17-9-13(2)19(25)11-21(17)29-22/h5-12,25-26H,4H2,1-3H3,(H,27,28). The minimum Gasteiger partial charge on any atom is -0.478 e. The first-order valence-electron chi connectivity index (χ1n) is 9.53. The third-order valence-corrected chi connectivity index (χ3v) is 5.21. The molecule has 0 spiro atoms. The molecule has 0 saturated heterocycles. The molecule has 146 valence electrons. The van der Waals surface area contributed by atoms with Gasteiger partial charge in [-0.05, 0) is 55.7 Å². The first-order valence-corrected chi connectivity index (χ1v) is 9.53. The van der Waals surface area contributed by atoms with Gasteiger partial charge in [0.2, 0.25) is 0 Å². The topological polar surface area (TPSA) is 86.3 Å². The highest BCUT2D eigenvalue weighted by molar-refractivity contribution is 6.08. The lowest BCUT2D eigenvalue weighted by atomic mass is 9.89. The summed E-state index contributed by atoms with van der Waals surface area (Å²) in [6, 6.07) is 14.6. The minimum atomic E-state index is -0.975. The fraction of sp³-hybridized carbons (Fsp3) is 0.167. The molecule has 2 aromatic rings. The van der Waals surface area contributed by atoms with Crippen LogP contribution in [0.15, 0.2) is 52.9 Å². The van der Waals surface area contributed by atoms with Gasteiger partial charge in [0.25, 0.3) is 0 Å². The molecule has 0 unspecified atom stereocenters. The summed E-state index contributed by atoms with van der Waals surface area (Å²) in [5.41, 5.74) is 5.97. The molecule has 0 saturated carbocycles. The number of aryl methyl sites for hydroxylation is 2. The zero-order valence-electron chi connectivity index (χ0n) is 16.6. The second-order valence-corrected chi connectivity index (χ2v) is 7.18. The van der Waals surface area contributed by atoms with Gasteiger partial charge in [-0.2, -0.15) is 0 Å². The SMILES string of the molecule is CCNc1cc2oc3cc(=N)c(C)cc-3c(-c3ccccc3C(=O)O)c2cc1C. The maximum absolute atomic E-state index is 11.9. The molecule has 1 aliphatic heterocycles. The second-order valence-electron chi connectivity index (χ2n) is 7.18. The third kappa shape index (κ3) is 3.14. The van der Waals surface area contributed by atoms with Gasteiger partial charge in [-0.1, -0.05) is 18.2 Å². The minimum absolute atomic E-state index is 0.238. The highest BCUT2D eigenvalue weighted by atomic mass is 16.4. The summed E-state index contributed by atoms with van der Waals surface area (Å²) in [5, 5.41) is 22.5. The van der Waals surface area contributed by atoms with Gasteiger partial charge < -0.3 is 20.2 Å². The van der Waals surface area contributed by atoms with Crippen LogP contribution in [0, 0.1) is 19.3 Å². The molecule has 29 heavy (non-hydrogen) atoms. The van der Waals surface area contributed by atoms with Crippen LogP contribution in [0.25, 0.3) is 33.4 Å². The molecule has 0 amide bonds. The van der Waals surface area contributed by atoms with Gasteiger partial charge in [0.15, 0.2) is 0 Å². The fourth-order valence-corrected chi connectivity index (χ4v) is 3.76. The van der Waals surface area contributed by atoms with Crippen LogP contribution in [0.3, 0.4) is 0 Å². The molecule has 3 N–H and O–H groups in total. The predicted molar refractivity (Wildman–Crippen MR) is 115 cm³/mol. The van der Waals surface area contributed by atoms with Crippen LogP contribution in [-0.4, -0.2) is 17.6 Å². The smallest absolute Gasteiger partial charge is 0.336 e. The van der Waals surface area contributed by atoms with Gasteiger partial charge in [-0.3, -0.25) is 0 Å². The van der Waals surface area contributed by atoms with E-state index in [0.29, 0.717) is 22.3 Å². The molecule has 2 aliphatic rings. The van der Waals surface area contributed by atoms with Crippen LogP contribution in [0.2, 0.25) is 0 Å². The van der Waals surface area contributed by atoms with Crippen molar-refractivity contribution in [2.45, 2.75) is 20.8 Å².